The molecule has 3 heteroatoms. The van der Waals surface area contributed by atoms with E-state index in [1.807, 2.05) is 24.3 Å². The van der Waals surface area contributed by atoms with Crippen LogP contribution in [-0.4, -0.2) is 15.8 Å². The molecule has 5 rings (SSSR count). The van der Waals surface area contributed by atoms with Crippen LogP contribution < -0.4 is 0 Å². The largest absolute Gasteiger partial charge is 0.390 e. The van der Waals surface area contributed by atoms with Crippen molar-refractivity contribution in [3.63, 3.8) is 0 Å². The second kappa shape index (κ2) is 9.59. The Bertz CT molecular complexity index is 1020. The fraction of sp³-hybridized carbons (Fsp3) is 0.727. The van der Waals surface area contributed by atoms with Crippen LogP contribution in [0, 0.1) is 51.8 Å². The van der Waals surface area contributed by atoms with E-state index >= 15 is 0 Å². The van der Waals surface area contributed by atoms with Crippen LogP contribution in [0.4, 0.5) is 0 Å². The van der Waals surface area contributed by atoms with Gasteiger partial charge in [-0.05, 0) is 129 Å². The molecule has 1 aromatic carbocycles. The zero-order chi connectivity index (χ0) is 25.7. The van der Waals surface area contributed by atoms with E-state index in [-0.39, 0.29) is 0 Å². The molecule has 1 aromatic rings. The number of fused-ring (bicyclic) bond motifs is 5. The summed E-state index contributed by atoms with van der Waals surface area (Å²) < 4.78 is 0. The first-order valence-corrected chi connectivity index (χ1v) is 14.7. The zero-order valence-electron chi connectivity index (χ0n) is 23.0. The van der Waals surface area contributed by atoms with Crippen molar-refractivity contribution in [1.29, 1.82) is 5.26 Å². The van der Waals surface area contributed by atoms with Crippen LogP contribution in [0.2, 0.25) is 0 Å². The SMILES string of the molecule is CC[C@]1(O)CCC2(C)C(=CCC3C2CCC2(C)C3CCC2[C@H](C)CCC(O)c2ccc(C#N)cc2)C1. The monoisotopic (exact) mass is 489 g/mol. The van der Waals surface area contributed by atoms with Gasteiger partial charge in [-0.3, -0.25) is 0 Å². The summed E-state index contributed by atoms with van der Waals surface area (Å²) in [6.45, 7) is 9.72. The molecule has 7 unspecified atom stereocenters. The van der Waals surface area contributed by atoms with E-state index in [1.54, 1.807) is 5.57 Å². The van der Waals surface area contributed by atoms with Crippen LogP contribution in [0.3, 0.4) is 0 Å². The van der Waals surface area contributed by atoms with Crippen molar-refractivity contribution in [2.45, 2.75) is 110 Å². The first kappa shape index (κ1) is 26.0. The highest BCUT2D eigenvalue weighted by molar-refractivity contribution is 5.32. The predicted molar refractivity (Wildman–Crippen MR) is 145 cm³/mol. The highest BCUT2D eigenvalue weighted by atomic mass is 16.3. The maximum Gasteiger partial charge on any atom is 0.0991 e. The van der Waals surface area contributed by atoms with Crippen LogP contribution in [0.1, 0.15) is 116 Å². The minimum atomic E-state index is -0.475. The Hall–Kier alpha value is -1.63. The number of hydrogen-bond acceptors (Lipinski definition) is 3. The van der Waals surface area contributed by atoms with Gasteiger partial charge < -0.3 is 10.2 Å². The maximum atomic E-state index is 11.0. The second-order valence-electron chi connectivity index (χ2n) is 13.5. The molecule has 0 bridgehead atoms. The van der Waals surface area contributed by atoms with E-state index in [0.29, 0.717) is 22.3 Å². The minimum absolute atomic E-state index is 0.292. The highest BCUT2D eigenvalue weighted by Gasteiger charge is 2.59. The molecule has 3 saturated carbocycles. The molecule has 0 spiro atoms. The third kappa shape index (κ3) is 4.27. The summed E-state index contributed by atoms with van der Waals surface area (Å²) in [5.41, 5.74) is 3.38. The van der Waals surface area contributed by atoms with Gasteiger partial charge in [-0.1, -0.05) is 51.5 Å². The minimum Gasteiger partial charge on any atom is -0.390 e. The summed E-state index contributed by atoms with van der Waals surface area (Å²) in [5.74, 6) is 3.75. The number of aliphatic hydroxyl groups is 2. The number of benzene rings is 1. The van der Waals surface area contributed by atoms with Crippen molar-refractivity contribution >= 4 is 0 Å². The fourth-order valence-electron chi connectivity index (χ4n) is 9.56. The summed E-state index contributed by atoms with van der Waals surface area (Å²) in [7, 11) is 0. The number of nitriles is 1. The Morgan fingerprint density at radius 2 is 1.78 bits per heavy atom. The molecule has 0 radical (unpaired) electrons. The lowest BCUT2D eigenvalue weighted by atomic mass is 9.46. The van der Waals surface area contributed by atoms with Crippen LogP contribution in [0.25, 0.3) is 0 Å². The van der Waals surface area contributed by atoms with Crippen LogP contribution >= 0.6 is 0 Å². The Labute approximate surface area is 219 Å². The standard InChI is InChI=1S/C33H47NO2/c1-5-33(36)19-18-31(3)25(20-33)11-12-26-28-14-13-27(32(28,4)17-16-29(26)31)22(2)6-15-30(35)24-9-7-23(21-34)8-10-24/h7-11,22,26-30,35-36H,5-6,12-20H2,1-4H3/t22-,26?,27?,28?,29?,30?,31?,32?,33+/m1/s1. The topological polar surface area (TPSA) is 64.2 Å². The van der Waals surface area contributed by atoms with Gasteiger partial charge in [0.1, 0.15) is 0 Å². The average Bonchev–Trinajstić information content (AvgIpc) is 3.25. The number of nitrogens with zero attached hydrogens (tertiary/aromatic N) is 1. The zero-order valence-corrected chi connectivity index (χ0v) is 23.0. The molecular weight excluding hydrogens is 442 g/mol. The fourth-order valence-corrected chi connectivity index (χ4v) is 9.56. The van der Waals surface area contributed by atoms with E-state index in [1.165, 1.54) is 32.1 Å². The van der Waals surface area contributed by atoms with Gasteiger partial charge in [0.25, 0.3) is 0 Å². The predicted octanol–water partition coefficient (Wildman–Crippen LogP) is 7.73. The number of rotatable bonds is 6. The lowest BCUT2D eigenvalue weighted by molar-refractivity contribution is -0.0757. The molecule has 9 atom stereocenters. The molecule has 0 aliphatic heterocycles. The molecule has 196 valence electrons. The summed E-state index contributed by atoms with van der Waals surface area (Å²) in [4.78, 5) is 0. The van der Waals surface area contributed by atoms with Crippen molar-refractivity contribution in [3.05, 3.63) is 47.0 Å². The second-order valence-corrected chi connectivity index (χ2v) is 13.5. The summed E-state index contributed by atoms with van der Waals surface area (Å²) in [6, 6.07) is 9.58. The normalized spacial score (nSPS) is 41.3. The first-order chi connectivity index (χ1) is 17.1. The van der Waals surface area contributed by atoms with Gasteiger partial charge in [0.2, 0.25) is 0 Å². The molecule has 3 fully saturated rings. The molecule has 4 aliphatic rings. The molecular formula is C33H47NO2. The van der Waals surface area contributed by atoms with Gasteiger partial charge >= 0.3 is 0 Å². The average molecular weight is 490 g/mol. The first-order valence-electron chi connectivity index (χ1n) is 14.7. The maximum absolute atomic E-state index is 11.0. The molecule has 0 aromatic heterocycles. The molecule has 0 amide bonds. The molecule has 2 N–H and O–H groups in total. The van der Waals surface area contributed by atoms with Gasteiger partial charge in [-0.25, -0.2) is 0 Å². The number of hydrogen-bond donors (Lipinski definition) is 2. The number of allylic oxidation sites excluding steroid dienone is 1. The molecule has 36 heavy (non-hydrogen) atoms. The lowest BCUT2D eigenvalue weighted by Gasteiger charge is -2.59. The smallest absolute Gasteiger partial charge is 0.0991 e. The quantitative estimate of drug-likeness (QED) is 0.402. The lowest BCUT2D eigenvalue weighted by Crippen LogP contribution is -2.52. The van der Waals surface area contributed by atoms with Gasteiger partial charge in [0.05, 0.1) is 23.3 Å². The van der Waals surface area contributed by atoms with Gasteiger partial charge in [-0.2, -0.15) is 5.26 Å². The van der Waals surface area contributed by atoms with E-state index < -0.39 is 11.7 Å². The van der Waals surface area contributed by atoms with Crippen molar-refractivity contribution in [1.82, 2.24) is 0 Å². The third-order valence-corrected chi connectivity index (χ3v) is 12.0. The van der Waals surface area contributed by atoms with E-state index in [0.717, 1.165) is 67.8 Å². The van der Waals surface area contributed by atoms with Crippen LogP contribution in [-0.2, 0) is 0 Å². The van der Waals surface area contributed by atoms with E-state index in [2.05, 4.69) is 39.8 Å². The third-order valence-electron chi connectivity index (χ3n) is 12.0. The summed E-state index contributed by atoms with van der Waals surface area (Å²) in [6.07, 6.45) is 14.4. The Kier molecular flexibility index (Phi) is 6.93. The van der Waals surface area contributed by atoms with Crippen molar-refractivity contribution in [2.24, 2.45) is 40.4 Å². The highest BCUT2D eigenvalue weighted by Crippen LogP contribution is 2.67. The van der Waals surface area contributed by atoms with E-state index in [4.69, 9.17) is 5.26 Å². The summed E-state index contributed by atoms with van der Waals surface area (Å²) in [5, 5.41) is 30.9. The van der Waals surface area contributed by atoms with Crippen LogP contribution in [0.5, 0.6) is 0 Å². The van der Waals surface area contributed by atoms with Crippen molar-refractivity contribution in [2.75, 3.05) is 0 Å². The van der Waals surface area contributed by atoms with Crippen molar-refractivity contribution < 1.29 is 10.2 Å². The Morgan fingerprint density at radius 3 is 2.47 bits per heavy atom. The number of aliphatic hydroxyl groups excluding tert-OH is 1. The summed E-state index contributed by atoms with van der Waals surface area (Å²) >= 11 is 0. The molecule has 0 saturated heterocycles. The molecule has 4 aliphatic carbocycles. The molecule has 3 nitrogen and oxygen atoms in total. The van der Waals surface area contributed by atoms with Crippen LogP contribution in [0.15, 0.2) is 35.9 Å². The van der Waals surface area contributed by atoms with Gasteiger partial charge in [0.15, 0.2) is 0 Å². The molecule has 0 heterocycles. The van der Waals surface area contributed by atoms with Gasteiger partial charge in [-0.15, -0.1) is 0 Å². The van der Waals surface area contributed by atoms with Gasteiger partial charge in [0, 0.05) is 0 Å². The van der Waals surface area contributed by atoms with Crippen molar-refractivity contribution in [3.8, 4) is 6.07 Å². The van der Waals surface area contributed by atoms with E-state index in [9.17, 15) is 10.2 Å². The Morgan fingerprint density at radius 1 is 1.03 bits per heavy atom. The Balaban J connectivity index is 1.26.